The third-order valence-electron chi connectivity index (χ3n) is 4.84. The van der Waals surface area contributed by atoms with Crippen molar-refractivity contribution in [2.24, 2.45) is 5.92 Å². The second-order valence-corrected chi connectivity index (χ2v) is 6.63. The highest BCUT2D eigenvalue weighted by Gasteiger charge is 2.30. The SMILES string of the molecule is CCn1nccc1[C@@H]1OCCC[C@H]1CNC(=O)N[C@@H](C)c1cccnc1. The second-order valence-electron chi connectivity index (χ2n) is 6.63. The zero-order valence-corrected chi connectivity index (χ0v) is 15.4. The number of carbonyl (C=O) groups is 1. The van der Waals surface area contributed by atoms with Gasteiger partial charge in [0.2, 0.25) is 0 Å². The molecule has 0 radical (unpaired) electrons. The first-order valence-corrected chi connectivity index (χ1v) is 9.26. The molecule has 2 amide bonds. The monoisotopic (exact) mass is 357 g/mol. The third kappa shape index (κ3) is 4.40. The quantitative estimate of drug-likeness (QED) is 0.833. The average molecular weight is 357 g/mol. The van der Waals surface area contributed by atoms with Crippen molar-refractivity contribution in [3.8, 4) is 0 Å². The molecule has 140 valence electrons. The van der Waals surface area contributed by atoms with Crippen LogP contribution in [0.5, 0.6) is 0 Å². The van der Waals surface area contributed by atoms with Gasteiger partial charge in [-0.05, 0) is 44.4 Å². The minimum atomic E-state index is -0.172. The third-order valence-corrected chi connectivity index (χ3v) is 4.84. The summed E-state index contributed by atoms with van der Waals surface area (Å²) in [6.07, 6.45) is 7.31. The van der Waals surface area contributed by atoms with Gasteiger partial charge >= 0.3 is 6.03 Å². The van der Waals surface area contributed by atoms with Crippen molar-refractivity contribution in [1.82, 2.24) is 25.4 Å². The molecule has 0 unspecified atom stereocenters. The topological polar surface area (TPSA) is 81.1 Å². The Hall–Kier alpha value is -2.41. The Morgan fingerprint density at radius 2 is 2.31 bits per heavy atom. The van der Waals surface area contributed by atoms with Gasteiger partial charge in [-0.3, -0.25) is 9.67 Å². The van der Waals surface area contributed by atoms with Gasteiger partial charge in [-0.25, -0.2) is 4.79 Å². The number of hydrogen-bond donors (Lipinski definition) is 2. The van der Waals surface area contributed by atoms with Crippen LogP contribution in [0, 0.1) is 5.92 Å². The molecule has 0 bridgehead atoms. The van der Waals surface area contributed by atoms with Crippen molar-refractivity contribution in [2.45, 2.75) is 45.4 Å². The highest BCUT2D eigenvalue weighted by molar-refractivity contribution is 5.74. The largest absolute Gasteiger partial charge is 0.372 e. The van der Waals surface area contributed by atoms with E-state index in [4.69, 9.17) is 4.74 Å². The van der Waals surface area contributed by atoms with Gasteiger partial charge in [0.25, 0.3) is 0 Å². The Bertz CT molecular complexity index is 703. The first kappa shape index (κ1) is 18.4. The molecule has 2 N–H and O–H groups in total. The lowest BCUT2D eigenvalue weighted by molar-refractivity contribution is -0.0318. The molecule has 3 heterocycles. The van der Waals surface area contributed by atoms with E-state index in [2.05, 4.69) is 27.6 Å². The molecule has 2 aromatic heterocycles. The van der Waals surface area contributed by atoms with E-state index < -0.39 is 0 Å². The number of hydrogen-bond acceptors (Lipinski definition) is 4. The molecule has 1 saturated heterocycles. The summed E-state index contributed by atoms with van der Waals surface area (Å²) >= 11 is 0. The number of aromatic nitrogens is 3. The van der Waals surface area contributed by atoms with Gasteiger partial charge < -0.3 is 15.4 Å². The van der Waals surface area contributed by atoms with Crippen LogP contribution in [0.4, 0.5) is 4.79 Å². The fourth-order valence-corrected chi connectivity index (χ4v) is 3.41. The molecule has 3 rings (SSSR count). The van der Waals surface area contributed by atoms with Crippen LogP contribution < -0.4 is 10.6 Å². The van der Waals surface area contributed by atoms with E-state index in [1.165, 1.54) is 0 Å². The molecule has 3 atom stereocenters. The molecule has 2 aromatic rings. The molecule has 0 saturated carbocycles. The summed E-state index contributed by atoms with van der Waals surface area (Å²) in [4.78, 5) is 16.4. The highest BCUT2D eigenvalue weighted by Crippen LogP contribution is 2.33. The summed E-state index contributed by atoms with van der Waals surface area (Å²) in [5, 5.41) is 10.3. The Balaban J connectivity index is 1.56. The molecule has 7 nitrogen and oxygen atoms in total. The van der Waals surface area contributed by atoms with Crippen LogP contribution in [0.1, 0.15) is 50.1 Å². The summed E-state index contributed by atoms with van der Waals surface area (Å²) in [6, 6.07) is 5.57. The summed E-state index contributed by atoms with van der Waals surface area (Å²) in [6.45, 7) is 6.15. The zero-order valence-electron chi connectivity index (χ0n) is 15.4. The maximum Gasteiger partial charge on any atom is 0.315 e. The fourth-order valence-electron chi connectivity index (χ4n) is 3.41. The van der Waals surface area contributed by atoms with Crippen molar-refractivity contribution in [1.29, 1.82) is 0 Å². The number of nitrogens with one attached hydrogen (secondary N) is 2. The van der Waals surface area contributed by atoms with Crippen LogP contribution in [0.25, 0.3) is 0 Å². The second kappa shape index (κ2) is 8.80. The predicted molar refractivity (Wildman–Crippen MR) is 98.5 cm³/mol. The summed E-state index contributed by atoms with van der Waals surface area (Å²) in [7, 11) is 0. The van der Waals surface area contributed by atoms with Crippen LogP contribution in [-0.2, 0) is 11.3 Å². The lowest BCUT2D eigenvalue weighted by atomic mass is 9.92. The molecule has 0 aromatic carbocycles. The van der Waals surface area contributed by atoms with E-state index in [1.54, 1.807) is 12.4 Å². The van der Waals surface area contributed by atoms with Gasteiger partial charge in [-0.15, -0.1) is 0 Å². The van der Waals surface area contributed by atoms with Crippen molar-refractivity contribution < 1.29 is 9.53 Å². The molecule has 0 spiro atoms. The van der Waals surface area contributed by atoms with Gasteiger partial charge in [0.15, 0.2) is 0 Å². The minimum Gasteiger partial charge on any atom is -0.372 e. The zero-order chi connectivity index (χ0) is 18.4. The average Bonchev–Trinajstić information content (AvgIpc) is 3.16. The first-order valence-electron chi connectivity index (χ1n) is 9.26. The van der Waals surface area contributed by atoms with E-state index in [0.717, 1.165) is 37.3 Å². The van der Waals surface area contributed by atoms with Gasteiger partial charge in [0.1, 0.15) is 6.10 Å². The lowest BCUT2D eigenvalue weighted by Gasteiger charge is -2.32. The van der Waals surface area contributed by atoms with Crippen LogP contribution in [0.2, 0.25) is 0 Å². The Morgan fingerprint density at radius 3 is 3.08 bits per heavy atom. The smallest absolute Gasteiger partial charge is 0.315 e. The molecule has 0 aliphatic carbocycles. The first-order chi connectivity index (χ1) is 12.7. The van der Waals surface area contributed by atoms with Gasteiger partial charge in [0.05, 0.1) is 11.7 Å². The van der Waals surface area contributed by atoms with Crippen LogP contribution >= 0.6 is 0 Å². The van der Waals surface area contributed by atoms with Crippen molar-refractivity contribution in [3.63, 3.8) is 0 Å². The van der Waals surface area contributed by atoms with Crippen LogP contribution in [0.15, 0.2) is 36.8 Å². The van der Waals surface area contributed by atoms with Crippen molar-refractivity contribution in [3.05, 3.63) is 48.0 Å². The number of ether oxygens (including phenoxy) is 1. The summed E-state index contributed by atoms with van der Waals surface area (Å²) < 4.78 is 7.99. The Labute approximate surface area is 154 Å². The molecule has 1 aliphatic heterocycles. The summed E-state index contributed by atoms with van der Waals surface area (Å²) in [5.74, 6) is 0.241. The number of urea groups is 1. The number of amides is 2. The normalized spacial score (nSPS) is 21.2. The Kier molecular flexibility index (Phi) is 6.22. The predicted octanol–water partition coefficient (Wildman–Crippen LogP) is 2.83. The highest BCUT2D eigenvalue weighted by atomic mass is 16.5. The molecular formula is C19H27N5O2. The van der Waals surface area contributed by atoms with Gasteiger partial charge in [0, 0.05) is 44.2 Å². The number of nitrogens with zero attached hydrogens (tertiary/aromatic N) is 3. The van der Waals surface area contributed by atoms with E-state index in [1.807, 2.05) is 36.0 Å². The van der Waals surface area contributed by atoms with E-state index in [9.17, 15) is 4.79 Å². The van der Waals surface area contributed by atoms with E-state index in [-0.39, 0.29) is 24.1 Å². The number of aryl methyl sites for hydroxylation is 1. The van der Waals surface area contributed by atoms with Crippen LogP contribution in [-0.4, -0.2) is 33.9 Å². The molecular weight excluding hydrogens is 330 g/mol. The standard InChI is InChI=1S/C19H27N5O2/c1-3-24-17(8-10-22-24)18-16(7-5-11-26-18)13-21-19(25)23-14(2)15-6-4-9-20-12-15/h4,6,8-10,12,14,16,18H,3,5,7,11,13H2,1-2H3,(H2,21,23,25)/t14-,16-,18+/m0/s1. The summed E-state index contributed by atoms with van der Waals surface area (Å²) in [5.41, 5.74) is 2.07. The van der Waals surface area contributed by atoms with Crippen molar-refractivity contribution >= 4 is 6.03 Å². The lowest BCUT2D eigenvalue weighted by Crippen LogP contribution is -2.41. The molecule has 1 fully saturated rings. The van der Waals surface area contributed by atoms with Gasteiger partial charge in [-0.1, -0.05) is 6.07 Å². The van der Waals surface area contributed by atoms with E-state index >= 15 is 0 Å². The number of pyridine rings is 1. The Morgan fingerprint density at radius 1 is 1.42 bits per heavy atom. The number of rotatable bonds is 6. The molecule has 26 heavy (non-hydrogen) atoms. The van der Waals surface area contributed by atoms with Crippen molar-refractivity contribution in [2.75, 3.05) is 13.2 Å². The van der Waals surface area contributed by atoms with Gasteiger partial charge in [-0.2, -0.15) is 5.10 Å². The maximum atomic E-state index is 12.3. The fraction of sp³-hybridized carbons (Fsp3) is 0.526. The minimum absolute atomic E-state index is 0.0257. The molecule has 1 aliphatic rings. The molecule has 7 heteroatoms. The number of carbonyl (C=O) groups excluding carboxylic acids is 1. The van der Waals surface area contributed by atoms with E-state index in [0.29, 0.717) is 6.54 Å². The maximum absolute atomic E-state index is 12.3. The van der Waals surface area contributed by atoms with Crippen LogP contribution in [0.3, 0.4) is 0 Å².